The summed E-state index contributed by atoms with van der Waals surface area (Å²) in [5.41, 5.74) is 7.21. The first-order chi connectivity index (χ1) is 9.65. The highest BCUT2D eigenvalue weighted by molar-refractivity contribution is 7.17. The van der Waals surface area contributed by atoms with E-state index in [2.05, 4.69) is 5.32 Å². The maximum absolute atomic E-state index is 12.3. The van der Waals surface area contributed by atoms with E-state index in [1.807, 2.05) is 29.6 Å². The number of hydrogen-bond acceptors (Lipinski definition) is 4. The van der Waals surface area contributed by atoms with Crippen LogP contribution in [0.3, 0.4) is 0 Å². The fraction of sp³-hybridized carbons (Fsp3) is 0. The molecule has 0 aliphatic rings. The summed E-state index contributed by atoms with van der Waals surface area (Å²) in [7, 11) is 0. The van der Waals surface area contributed by atoms with Gasteiger partial charge in [0.25, 0.3) is 5.91 Å². The monoisotopic (exact) mass is 284 g/mol. The van der Waals surface area contributed by atoms with Gasteiger partial charge in [0.2, 0.25) is 0 Å². The number of thiophene rings is 1. The standard InChI is InChI=1S/C15H12N2O2S/c16-12-7-9(18)5-6-13(12)17-15(19)11-8-20-14-4-2-1-3-10(11)14/h1-8,18H,16H2,(H,17,19). The zero-order valence-corrected chi connectivity index (χ0v) is 11.3. The summed E-state index contributed by atoms with van der Waals surface area (Å²) in [6, 6.07) is 12.2. The molecule has 5 heteroatoms. The predicted molar refractivity (Wildman–Crippen MR) is 82.3 cm³/mol. The lowest BCUT2D eigenvalue weighted by Gasteiger charge is -2.08. The van der Waals surface area contributed by atoms with Crippen molar-refractivity contribution < 1.29 is 9.90 Å². The van der Waals surface area contributed by atoms with E-state index in [1.165, 1.54) is 23.5 Å². The minimum Gasteiger partial charge on any atom is -0.508 e. The van der Waals surface area contributed by atoms with Gasteiger partial charge < -0.3 is 16.2 Å². The van der Waals surface area contributed by atoms with Crippen LogP contribution < -0.4 is 11.1 Å². The van der Waals surface area contributed by atoms with Crippen LogP contribution in [0.5, 0.6) is 5.75 Å². The highest BCUT2D eigenvalue weighted by Gasteiger charge is 2.13. The molecule has 1 amide bonds. The number of aromatic hydroxyl groups is 1. The second-order valence-electron chi connectivity index (χ2n) is 4.37. The third-order valence-corrected chi connectivity index (χ3v) is 3.97. The fourth-order valence-corrected chi connectivity index (χ4v) is 2.95. The van der Waals surface area contributed by atoms with Crippen molar-refractivity contribution in [1.82, 2.24) is 0 Å². The molecular formula is C15H12N2O2S. The third kappa shape index (κ3) is 2.19. The SMILES string of the molecule is Nc1cc(O)ccc1NC(=O)c1csc2ccccc12. The van der Waals surface area contributed by atoms with Crippen LogP contribution in [0.2, 0.25) is 0 Å². The maximum atomic E-state index is 12.3. The average molecular weight is 284 g/mol. The topological polar surface area (TPSA) is 75.3 Å². The van der Waals surface area contributed by atoms with Crippen LogP contribution in [0.4, 0.5) is 11.4 Å². The van der Waals surface area contributed by atoms with Gasteiger partial charge in [-0.3, -0.25) is 4.79 Å². The minimum absolute atomic E-state index is 0.0708. The van der Waals surface area contributed by atoms with E-state index in [-0.39, 0.29) is 11.7 Å². The van der Waals surface area contributed by atoms with Crippen molar-refractivity contribution in [2.75, 3.05) is 11.1 Å². The van der Waals surface area contributed by atoms with Crippen LogP contribution >= 0.6 is 11.3 Å². The van der Waals surface area contributed by atoms with Gasteiger partial charge in [-0.25, -0.2) is 0 Å². The lowest BCUT2D eigenvalue weighted by molar-refractivity contribution is 0.102. The van der Waals surface area contributed by atoms with E-state index in [0.717, 1.165) is 10.1 Å². The minimum atomic E-state index is -0.208. The molecule has 0 saturated heterocycles. The lowest BCUT2D eigenvalue weighted by Crippen LogP contribution is -2.12. The molecule has 4 nitrogen and oxygen atoms in total. The Hall–Kier alpha value is -2.53. The van der Waals surface area contributed by atoms with Gasteiger partial charge in [0.1, 0.15) is 5.75 Å². The van der Waals surface area contributed by atoms with Crippen LogP contribution in [0, 0.1) is 0 Å². The number of fused-ring (bicyclic) bond motifs is 1. The Labute approximate surface area is 119 Å². The van der Waals surface area contributed by atoms with E-state index < -0.39 is 0 Å². The normalized spacial score (nSPS) is 10.6. The largest absolute Gasteiger partial charge is 0.508 e. The van der Waals surface area contributed by atoms with Gasteiger partial charge in [-0.1, -0.05) is 18.2 Å². The van der Waals surface area contributed by atoms with Crippen molar-refractivity contribution in [3.8, 4) is 5.75 Å². The molecule has 0 aliphatic carbocycles. The fourth-order valence-electron chi connectivity index (χ4n) is 2.01. The van der Waals surface area contributed by atoms with Gasteiger partial charge in [-0.15, -0.1) is 11.3 Å². The van der Waals surface area contributed by atoms with Crippen LogP contribution in [-0.2, 0) is 0 Å². The van der Waals surface area contributed by atoms with Gasteiger partial charge in [-0.2, -0.15) is 0 Å². The van der Waals surface area contributed by atoms with Gasteiger partial charge in [0.15, 0.2) is 0 Å². The number of carbonyl (C=O) groups is 1. The number of nitrogens with two attached hydrogens (primary N) is 1. The number of anilines is 2. The molecule has 4 N–H and O–H groups in total. The molecule has 0 spiro atoms. The summed E-state index contributed by atoms with van der Waals surface area (Å²) >= 11 is 1.53. The van der Waals surface area contributed by atoms with E-state index >= 15 is 0 Å². The molecule has 0 fully saturated rings. The molecule has 0 aliphatic heterocycles. The number of hydrogen-bond donors (Lipinski definition) is 3. The summed E-state index contributed by atoms with van der Waals surface area (Å²) in [5.74, 6) is -0.138. The van der Waals surface area contributed by atoms with E-state index in [0.29, 0.717) is 16.9 Å². The summed E-state index contributed by atoms with van der Waals surface area (Å²) in [4.78, 5) is 12.3. The van der Waals surface area contributed by atoms with Crippen LogP contribution in [0.1, 0.15) is 10.4 Å². The Balaban J connectivity index is 1.93. The van der Waals surface area contributed by atoms with Gasteiger partial charge in [0, 0.05) is 21.5 Å². The zero-order valence-electron chi connectivity index (χ0n) is 10.5. The highest BCUT2D eigenvalue weighted by Crippen LogP contribution is 2.28. The summed E-state index contributed by atoms with van der Waals surface area (Å²) in [6.07, 6.45) is 0. The smallest absolute Gasteiger partial charge is 0.257 e. The summed E-state index contributed by atoms with van der Waals surface area (Å²) in [5, 5.41) is 14.8. The second kappa shape index (κ2) is 4.86. The third-order valence-electron chi connectivity index (χ3n) is 3.01. The first-order valence-corrected chi connectivity index (χ1v) is 6.89. The molecule has 20 heavy (non-hydrogen) atoms. The van der Waals surface area contributed by atoms with Crippen LogP contribution in [0.15, 0.2) is 47.8 Å². The maximum Gasteiger partial charge on any atom is 0.257 e. The average Bonchev–Trinajstić information content (AvgIpc) is 2.86. The molecule has 3 rings (SSSR count). The van der Waals surface area contributed by atoms with E-state index in [9.17, 15) is 9.90 Å². The van der Waals surface area contributed by atoms with Gasteiger partial charge >= 0.3 is 0 Å². The number of amides is 1. The lowest BCUT2D eigenvalue weighted by atomic mass is 10.1. The Bertz CT molecular complexity index is 795. The van der Waals surface area contributed by atoms with Crippen molar-refractivity contribution in [3.63, 3.8) is 0 Å². The van der Waals surface area contributed by atoms with Crippen molar-refractivity contribution in [1.29, 1.82) is 0 Å². The van der Waals surface area contributed by atoms with Crippen LogP contribution in [-0.4, -0.2) is 11.0 Å². The number of carbonyl (C=O) groups excluding carboxylic acids is 1. The number of phenolic OH excluding ortho intramolecular Hbond substituents is 1. The summed E-state index contributed by atoms with van der Waals surface area (Å²) in [6.45, 7) is 0. The first kappa shape index (κ1) is 12.5. The molecular weight excluding hydrogens is 272 g/mol. The molecule has 0 atom stereocenters. The molecule has 1 aromatic heterocycles. The molecule has 2 aromatic carbocycles. The molecule has 3 aromatic rings. The Morgan fingerprint density at radius 1 is 1.20 bits per heavy atom. The quantitative estimate of drug-likeness (QED) is 0.498. The Kier molecular flexibility index (Phi) is 3.04. The molecule has 0 bridgehead atoms. The zero-order chi connectivity index (χ0) is 14.1. The number of phenols is 1. The number of nitrogen functional groups attached to an aromatic ring is 1. The Morgan fingerprint density at radius 3 is 2.80 bits per heavy atom. The molecule has 0 unspecified atom stereocenters. The van der Waals surface area contributed by atoms with Gasteiger partial charge in [0.05, 0.1) is 16.9 Å². The van der Waals surface area contributed by atoms with Crippen molar-refractivity contribution >= 4 is 38.7 Å². The highest BCUT2D eigenvalue weighted by atomic mass is 32.1. The Morgan fingerprint density at radius 2 is 2.00 bits per heavy atom. The van der Waals surface area contributed by atoms with Crippen LogP contribution in [0.25, 0.3) is 10.1 Å². The molecule has 1 heterocycles. The first-order valence-electron chi connectivity index (χ1n) is 6.01. The molecule has 100 valence electrons. The second-order valence-corrected chi connectivity index (χ2v) is 5.28. The summed E-state index contributed by atoms with van der Waals surface area (Å²) < 4.78 is 1.07. The van der Waals surface area contributed by atoms with Gasteiger partial charge in [-0.05, 0) is 18.2 Å². The van der Waals surface area contributed by atoms with E-state index in [4.69, 9.17) is 5.73 Å². The number of nitrogens with one attached hydrogen (secondary N) is 1. The molecule has 0 saturated carbocycles. The predicted octanol–water partition coefficient (Wildman–Crippen LogP) is 3.44. The number of rotatable bonds is 2. The van der Waals surface area contributed by atoms with Crippen molar-refractivity contribution in [2.45, 2.75) is 0 Å². The van der Waals surface area contributed by atoms with Crippen molar-refractivity contribution in [2.24, 2.45) is 0 Å². The van der Waals surface area contributed by atoms with Crippen molar-refractivity contribution in [3.05, 3.63) is 53.4 Å². The number of benzene rings is 2. The van der Waals surface area contributed by atoms with E-state index in [1.54, 1.807) is 6.07 Å². The molecule has 0 radical (unpaired) electrons.